The molecule has 1 aromatic rings. The standard InChI is InChI=1S/C8H6N2O3/c11-3-1-2-7-9-4-6(5-10-7)8(12)13/h1-5H,(H,12,13)/b2-1+. The molecule has 0 radical (unpaired) electrons. The van der Waals surface area contributed by atoms with Gasteiger partial charge < -0.3 is 5.11 Å². The minimum Gasteiger partial charge on any atom is -0.478 e. The minimum absolute atomic E-state index is 0.0169. The van der Waals surface area contributed by atoms with E-state index in [-0.39, 0.29) is 5.56 Å². The number of hydrogen-bond acceptors (Lipinski definition) is 4. The summed E-state index contributed by atoms with van der Waals surface area (Å²) in [6, 6.07) is 0. The maximum absolute atomic E-state index is 10.4. The normalized spacial score (nSPS) is 10.2. The Morgan fingerprint density at radius 3 is 2.46 bits per heavy atom. The first-order valence-corrected chi connectivity index (χ1v) is 3.41. The van der Waals surface area contributed by atoms with Crippen LogP contribution in [0.15, 0.2) is 18.5 Å². The molecule has 0 aliphatic heterocycles. The number of hydrogen-bond donors (Lipinski definition) is 1. The maximum atomic E-state index is 10.4. The number of carboxylic acid groups (broad SMARTS) is 1. The molecule has 0 bridgehead atoms. The van der Waals surface area contributed by atoms with Crippen molar-refractivity contribution in [2.45, 2.75) is 0 Å². The zero-order valence-corrected chi connectivity index (χ0v) is 6.54. The van der Waals surface area contributed by atoms with Gasteiger partial charge in [-0.2, -0.15) is 0 Å². The molecule has 1 aromatic heterocycles. The second-order valence-corrected chi connectivity index (χ2v) is 2.13. The highest BCUT2D eigenvalue weighted by molar-refractivity contribution is 5.86. The van der Waals surface area contributed by atoms with Gasteiger partial charge >= 0.3 is 5.97 Å². The van der Waals surface area contributed by atoms with Crippen LogP contribution in [0.2, 0.25) is 0 Å². The Bertz CT molecular complexity index is 343. The third kappa shape index (κ3) is 2.48. The van der Waals surface area contributed by atoms with Crippen molar-refractivity contribution in [3.63, 3.8) is 0 Å². The lowest BCUT2D eigenvalue weighted by Gasteiger charge is -1.92. The molecule has 0 saturated heterocycles. The van der Waals surface area contributed by atoms with Crippen molar-refractivity contribution in [2.24, 2.45) is 0 Å². The molecule has 0 aromatic carbocycles. The quantitative estimate of drug-likeness (QED) is 0.534. The van der Waals surface area contributed by atoms with Crippen molar-refractivity contribution in [3.05, 3.63) is 29.9 Å². The Kier molecular flexibility index (Phi) is 2.86. The molecule has 0 amide bonds. The van der Waals surface area contributed by atoms with Crippen molar-refractivity contribution >= 4 is 18.3 Å². The number of carbonyl (C=O) groups is 2. The summed E-state index contributed by atoms with van der Waals surface area (Å²) in [5.74, 6) is -0.775. The molecule has 0 unspecified atom stereocenters. The molecular formula is C8H6N2O3. The largest absolute Gasteiger partial charge is 0.478 e. The molecule has 1 N–H and O–H groups in total. The van der Waals surface area contributed by atoms with E-state index in [9.17, 15) is 9.59 Å². The molecule has 0 spiro atoms. The van der Waals surface area contributed by atoms with Crippen LogP contribution in [0.25, 0.3) is 6.08 Å². The van der Waals surface area contributed by atoms with Crippen molar-refractivity contribution in [3.8, 4) is 0 Å². The summed E-state index contributed by atoms with van der Waals surface area (Å²) in [5, 5.41) is 8.50. The summed E-state index contributed by atoms with van der Waals surface area (Å²) in [7, 11) is 0. The number of aromatic nitrogens is 2. The van der Waals surface area contributed by atoms with Crippen LogP contribution in [0, 0.1) is 0 Å². The predicted octanol–water partition coefficient (Wildman–Crippen LogP) is 0.387. The van der Waals surface area contributed by atoms with Gasteiger partial charge in [0, 0.05) is 12.4 Å². The van der Waals surface area contributed by atoms with Crippen molar-refractivity contribution < 1.29 is 14.7 Å². The van der Waals surface area contributed by atoms with E-state index in [0.717, 1.165) is 0 Å². The lowest BCUT2D eigenvalue weighted by molar-refractivity contribution is -0.104. The SMILES string of the molecule is O=C/C=C/c1ncc(C(=O)O)cn1. The Labute approximate surface area is 73.8 Å². The Morgan fingerprint density at radius 2 is 2.00 bits per heavy atom. The smallest absolute Gasteiger partial charge is 0.338 e. The molecule has 1 heterocycles. The number of allylic oxidation sites excluding steroid dienone is 1. The third-order valence-corrected chi connectivity index (χ3v) is 1.24. The predicted molar refractivity (Wildman–Crippen MR) is 44.1 cm³/mol. The van der Waals surface area contributed by atoms with Crippen LogP contribution in [0.4, 0.5) is 0 Å². The van der Waals surface area contributed by atoms with E-state index in [2.05, 4.69) is 9.97 Å². The zero-order chi connectivity index (χ0) is 9.68. The van der Waals surface area contributed by atoms with E-state index in [4.69, 9.17) is 5.11 Å². The second-order valence-electron chi connectivity index (χ2n) is 2.13. The van der Waals surface area contributed by atoms with Gasteiger partial charge in [0.05, 0.1) is 5.56 Å². The number of carbonyl (C=O) groups excluding carboxylic acids is 1. The van der Waals surface area contributed by atoms with Crippen LogP contribution in [0.1, 0.15) is 16.2 Å². The Morgan fingerprint density at radius 1 is 1.38 bits per heavy atom. The van der Waals surface area contributed by atoms with Crippen molar-refractivity contribution in [1.29, 1.82) is 0 Å². The molecule has 0 atom stereocenters. The molecule has 0 saturated carbocycles. The first-order valence-electron chi connectivity index (χ1n) is 3.41. The molecule has 0 aliphatic rings. The molecule has 5 heteroatoms. The summed E-state index contributed by atoms with van der Waals surface area (Å²) in [6.07, 6.45) is 5.57. The summed E-state index contributed by atoms with van der Waals surface area (Å²) < 4.78 is 0. The number of aldehydes is 1. The van der Waals surface area contributed by atoms with E-state index in [1.54, 1.807) is 0 Å². The summed E-state index contributed by atoms with van der Waals surface area (Å²) >= 11 is 0. The average molecular weight is 178 g/mol. The van der Waals surface area contributed by atoms with Gasteiger partial charge in [-0.3, -0.25) is 4.79 Å². The van der Waals surface area contributed by atoms with Crippen LogP contribution >= 0.6 is 0 Å². The first kappa shape index (κ1) is 9.05. The fourth-order valence-corrected chi connectivity index (χ4v) is 0.660. The van der Waals surface area contributed by atoms with Crippen LogP contribution in [0.5, 0.6) is 0 Å². The highest BCUT2D eigenvalue weighted by Crippen LogP contribution is 1.96. The maximum Gasteiger partial charge on any atom is 0.338 e. The highest BCUT2D eigenvalue weighted by Gasteiger charge is 2.01. The summed E-state index contributed by atoms with van der Waals surface area (Å²) in [4.78, 5) is 27.7. The first-order chi connectivity index (χ1) is 6.24. The van der Waals surface area contributed by atoms with Gasteiger partial charge in [-0.05, 0) is 12.2 Å². The molecule has 66 valence electrons. The van der Waals surface area contributed by atoms with E-state index in [0.29, 0.717) is 12.1 Å². The Balaban J connectivity index is 2.87. The van der Waals surface area contributed by atoms with Crippen LogP contribution in [0.3, 0.4) is 0 Å². The van der Waals surface area contributed by atoms with Crippen molar-refractivity contribution in [2.75, 3.05) is 0 Å². The molecule has 13 heavy (non-hydrogen) atoms. The van der Waals surface area contributed by atoms with Gasteiger partial charge in [0.1, 0.15) is 6.29 Å². The van der Waals surface area contributed by atoms with Gasteiger partial charge in [0.25, 0.3) is 0 Å². The van der Waals surface area contributed by atoms with Crippen LogP contribution in [-0.4, -0.2) is 27.3 Å². The van der Waals surface area contributed by atoms with E-state index >= 15 is 0 Å². The second kappa shape index (κ2) is 4.10. The molecular weight excluding hydrogens is 172 g/mol. The number of rotatable bonds is 3. The van der Waals surface area contributed by atoms with Gasteiger partial charge in [-0.1, -0.05) is 0 Å². The van der Waals surface area contributed by atoms with Crippen LogP contribution in [-0.2, 0) is 4.79 Å². The monoisotopic (exact) mass is 178 g/mol. The number of carboxylic acids is 1. The summed E-state index contributed by atoms with van der Waals surface area (Å²) in [6.45, 7) is 0. The lowest BCUT2D eigenvalue weighted by atomic mass is 10.3. The van der Waals surface area contributed by atoms with Gasteiger partial charge in [0.15, 0.2) is 5.82 Å². The molecule has 0 aliphatic carbocycles. The summed E-state index contributed by atoms with van der Waals surface area (Å²) in [5.41, 5.74) is 0.0169. The fourth-order valence-electron chi connectivity index (χ4n) is 0.660. The third-order valence-electron chi connectivity index (χ3n) is 1.24. The van der Waals surface area contributed by atoms with E-state index < -0.39 is 5.97 Å². The van der Waals surface area contributed by atoms with Gasteiger partial charge in [-0.15, -0.1) is 0 Å². The topological polar surface area (TPSA) is 80.2 Å². The highest BCUT2D eigenvalue weighted by atomic mass is 16.4. The molecule has 1 rings (SSSR count). The molecule has 5 nitrogen and oxygen atoms in total. The molecule has 0 fully saturated rings. The van der Waals surface area contributed by atoms with E-state index in [1.165, 1.54) is 24.5 Å². The Hall–Kier alpha value is -2.04. The van der Waals surface area contributed by atoms with Crippen LogP contribution < -0.4 is 0 Å². The average Bonchev–Trinajstić information content (AvgIpc) is 2.15. The van der Waals surface area contributed by atoms with Gasteiger partial charge in [0.2, 0.25) is 0 Å². The zero-order valence-electron chi connectivity index (χ0n) is 6.54. The van der Waals surface area contributed by atoms with Crippen molar-refractivity contribution in [1.82, 2.24) is 9.97 Å². The number of nitrogens with zero attached hydrogens (tertiary/aromatic N) is 2. The number of aromatic carboxylic acids is 1. The van der Waals surface area contributed by atoms with Gasteiger partial charge in [-0.25, -0.2) is 14.8 Å². The minimum atomic E-state index is -1.08. The fraction of sp³-hybridized carbons (Fsp3) is 0. The van der Waals surface area contributed by atoms with E-state index in [1.807, 2.05) is 0 Å². The lowest BCUT2D eigenvalue weighted by Crippen LogP contribution is -1.99.